The van der Waals surface area contributed by atoms with Gasteiger partial charge >= 0.3 is 0 Å². The Kier molecular flexibility index (Phi) is 8.78. The Morgan fingerprint density at radius 1 is 0.926 bits per heavy atom. The molecule has 4 amide bonds. The number of imide groups is 2. The van der Waals surface area contributed by atoms with Crippen LogP contribution in [-0.2, 0) is 24.6 Å². The minimum absolute atomic E-state index is 0.00845. The highest BCUT2D eigenvalue weighted by Gasteiger charge is 2.70. The SMILES string of the molecule is COc1ccc([C@@]23C(=O)N(Nc4ccc(Cl)cc4Cl)C(=O)[C@@H]2C[C@@H]2C(=CC[C@@H]4C(=O)N(c5ccc([N+](=O)[O-])cc5)C(=O)[C@@H]42)[C@@H]3c2cc(Br)ccc2O)cc1. The van der Waals surface area contributed by atoms with Crippen LogP contribution in [-0.4, -0.2) is 45.8 Å². The molecule has 2 heterocycles. The molecule has 0 aromatic heterocycles. The molecular formula is C39H29BrCl2N4O8. The number of ether oxygens (including phenoxy) is 1. The van der Waals surface area contributed by atoms with Crippen LogP contribution in [0.15, 0.2) is 101 Å². The molecule has 2 aliphatic carbocycles. The number of rotatable bonds is 7. The zero-order valence-electron chi connectivity index (χ0n) is 28.2. The number of hydrogen-bond donors (Lipinski definition) is 2. The van der Waals surface area contributed by atoms with Gasteiger partial charge in [-0.15, -0.1) is 0 Å². The highest BCUT2D eigenvalue weighted by Crippen LogP contribution is 2.65. The number of anilines is 2. The summed E-state index contributed by atoms with van der Waals surface area (Å²) in [7, 11) is 1.51. The molecule has 274 valence electrons. The fourth-order valence-electron chi connectivity index (χ4n) is 8.92. The van der Waals surface area contributed by atoms with Crippen molar-refractivity contribution in [3.8, 4) is 11.5 Å². The van der Waals surface area contributed by atoms with E-state index in [0.29, 0.717) is 31.9 Å². The van der Waals surface area contributed by atoms with Crippen molar-refractivity contribution in [2.24, 2.45) is 23.7 Å². The first-order valence-corrected chi connectivity index (χ1v) is 18.5. The number of aromatic hydroxyl groups is 1. The maximum absolute atomic E-state index is 15.4. The topological polar surface area (TPSA) is 159 Å². The summed E-state index contributed by atoms with van der Waals surface area (Å²) in [6.45, 7) is 0. The molecule has 15 heteroatoms. The van der Waals surface area contributed by atoms with Gasteiger partial charge in [0.1, 0.15) is 11.5 Å². The van der Waals surface area contributed by atoms with E-state index in [4.69, 9.17) is 27.9 Å². The number of nitrogens with zero attached hydrogens (tertiary/aromatic N) is 3. The predicted molar refractivity (Wildman–Crippen MR) is 202 cm³/mol. The quantitative estimate of drug-likeness (QED) is 0.0829. The fourth-order valence-corrected chi connectivity index (χ4v) is 9.75. The average Bonchev–Trinajstić information content (AvgIpc) is 3.54. The predicted octanol–water partition coefficient (Wildman–Crippen LogP) is 7.57. The van der Waals surface area contributed by atoms with E-state index in [2.05, 4.69) is 21.4 Å². The Hall–Kier alpha value is -5.24. The molecule has 0 unspecified atom stereocenters. The molecule has 6 atom stereocenters. The van der Waals surface area contributed by atoms with Gasteiger partial charge in [-0.25, -0.2) is 0 Å². The third-order valence-electron chi connectivity index (χ3n) is 11.2. The Morgan fingerprint density at radius 3 is 2.31 bits per heavy atom. The number of phenolic OH excluding ortho intramolecular Hbond substituents is 1. The second kappa shape index (κ2) is 13.3. The molecule has 0 bridgehead atoms. The second-order valence-corrected chi connectivity index (χ2v) is 15.5. The van der Waals surface area contributed by atoms with Crippen LogP contribution in [0, 0.1) is 33.8 Å². The van der Waals surface area contributed by atoms with Crippen molar-refractivity contribution in [3.05, 3.63) is 132 Å². The monoisotopic (exact) mass is 830 g/mol. The van der Waals surface area contributed by atoms with Crippen molar-refractivity contribution in [1.29, 1.82) is 0 Å². The zero-order valence-corrected chi connectivity index (χ0v) is 31.3. The van der Waals surface area contributed by atoms with Gasteiger partial charge < -0.3 is 9.84 Å². The highest BCUT2D eigenvalue weighted by molar-refractivity contribution is 9.10. The maximum Gasteiger partial charge on any atom is 0.269 e. The summed E-state index contributed by atoms with van der Waals surface area (Å²) in [5.41, 5.74) is 2.99. The number of carbonyl (C=O) groups excluding carboxylic acids is 4. The number of allylic oxidation sites excluding steroid dienone is 2. The number of benzene rings is 4. The molecule has 2 saturated heterocycles. The molecule has 3 fully saturated rings. The minimum Gasteiger partial charge on any atom is -0.508 e. The van der Waals surface area contributed by atoms with Crippen LogP contribution in [0.3, 0.4) is 0 Å². The summed E-state index contributed by atoms with van der Waals surface area (Å²) in [4.78, 5) is 70.6. The molecule has 4 aliphatic rings. The first-order valence-electron chi connectivity index (χ1n) is 16.9. The van der Waals surface area contributed by atoms with Gasteiger partial charge in [0, 0.05) is 33.1 Å². The van der Waals surface area contributed by atoms with Crippen molar-refractivity contribution >= 4 is 79.8 Å². The van der Waals surface area contributed by atoms with E-state index >= 15 is 4.79 Å². The molecule has 1 saturated carbocycles. The van der Waals surface area contributed by atoms with Crippen LogP contribution in [0.25, 0.3) is 0 Å². The maximum atomic E-state index is 15.4. The lowest BCUT2D eigenvalue weighted by atomic mass is 9.49. The van der Waals surface area contributed by atoms with E-state index in [0.717, 1.165) is 9.91 Å². The van der Waals surface area contributed by atoms with E-state index in [1.165, 1.54) is 43.5 Å². The summed E-state index contributed by atoms with van der Waals surface area (Å²) in [6, 6.07) is 21.5. The van der Waals surface area contributed by atoms with Gasteiger partial charge in [0.05, 0.1) is 51.6 Å². The number of carbonyl (C=O) groups is 4. The normalized spacial score (nSPS) is 25.9. The van der Waals surface area contributed by atoms with E-state index in [-0.39, 0.29) is 40.7 Å². The molecule has 12 nitrogen and oxygen atoms in total. The van der Waals surface area contributed by atoms with Gasteiger partial charge in [-0.3, -0.25) is 39.6 Å². The van der Waals surface area contributed by atoms with Gasteiger partial charge in [0.25, 0.3) is 17.5 Å². The van der Waals surface area contributed by atoms with Gasteiger partial charge in [-0.1, -0.05) is 62.9 Å². The van der Waals surface area contributed by atoms with Crippen LogP contribution in [0.4, 0.5) is 17.1 Å². The van der Waals surface area contributed by atoms with Crippen molar-refractivity contribution < 1.29 is 33.9 Å². The van der Waals surface area contributed by atoms with Crippen LogP contribution in [0.2, 0.25) is 10.0 Å². The van der Waals surface area contributed by atoms with Crippen LogP contribution < -0.4 is 15.1 Å². The molecule has 0 spiro atoms. The Morgan fingerprint density at radius 2 is 1.65 bits per heavy atom. The van der Waals surface area contributed by atoms with Crippen LogP contribution in [0.5, 0.6) is 11.5 Å². The Labute approximate surface area is 326 Å². The standard InChI is InChI=1S/C39H29BrCl2N4O8/c1-54-24-10-2-19(3-11-24)39-29(36(49)45(38(39)51)43-31-14-5-21(41)17-30(31)42)18-27-25(34(39)28-16-20(40)4-15-32(28)47)12-13-26-33(27)37(50)44(35(26)48)22-6-8-23(9-7-22)46(52)53/h2-12,14-17,26-27,29,33-34,43,47H,13,18H2,1H3/t26-,27+,29-,33-,34+,39+/m0/s1. The molecule has 54 heavy (non-hydrogen) atoms. The fraction of sp³-hybridized carbons (Fsp3) is 0.231. The largest absolute Gasteiger partial charge is 0.508 e. The van der Waals surface area contributed by atoms with E-state index in [9.17, 15) is 29.6 Å². The van der Waals surface area contributed by atoms with Crippen molar-refractivity contribution in [1.82, 2.24) is 5.01 Å². The van der Waals surface area contributed by atoms with E-state index < -0.39 is 63.6 Å². The zero-order chi connectivity index (χ0) is 38.2. The average molecular weight is 832 g/mol. The number of non-ortho nitro benzene ring substituents is 1. The first kappa shape index (κ1) is 35.8. The number of hydrogen-bond acceptors (Lipinski definition) is 9. The molecule has 2 aliphatic heterocycles. The van der Waals surface area contributed by atoms with Crippen molar-refractivity contribution in [2.45, 2.75) is 24.2 Å². The lowest BCUT2D eigenvalue weighted by Gasteiger charge is -2.50. The lowest BCUT2D eigenvalue weighted by molar-refractivity contribution is -0.384. The molecule has 4 aromatic carbocycles. The summed E-state index contributed by atoms with van der Waals surface area (Å²) in [5.74, 6) is -6.30. The molecule has 2 N–H and O–H groups in total. The summed E-state index contributed by atoms with van der Waals surface area (Å²) in [6.07, 6.45) is 2.02. The summed E-state index contributed by atoms with van der Waals surface area (Å²) < 4.78 is 6.04. The number of hydrazine groups is 1. The third kappa shape index (κ3) is 5.31. The number of nitrogens with one attached hydrogen (secondary N) is 1. The third-order valence-corrected chi connectivity index (χ3v) is 12.2. The number of nitro benzene ring substituents is 1. The molecular weight excluding hydrogens is 803 g/mol. The van der Waals surface area contributed by atoms with E-state index in [1.54, 1.807) is 48.5 Å². The van der Waals surface area contributed by atoms with Crippen LogP contribution >= 0.6 is 39.1 Å². The lowest BCUT2D eigenvalue weighted by Crippen LogP contribution is -2.53. The molecule has 4 aromatic rings. The Balaban J connectivity index is 1.32. The summed E-state index contributed by atoms with van der Waals surface area (Å²) in [5, 5.41) is 24.4. The number of fused-ring (bicyclic) bond motifs is 4. The highest BCUT2D eigenvalue weighted by atomic mass is 79.9. The van der Waals surface area contributed by atoms with Gasteiger partial charge in [-0.2, -0.15) is 5.01 Å². The summed E-state index contributed by atoms with van der Waals surface area (Å²) >= 11 is 16.2. The number of halogens is 3. The van der Waals surface area contributed by atoms with Crippen LogP contribution in [0.1, 0.15) is 29.9 Å². The number of nitro groups is 1. The van der Waals surface area contributed by atoms with Crippen molar-refractivity contribution in [3.63, 3.8) is 0 Å². The molecule has 8 rings (SSSR count). The number of amides is 4. The van der Waals surface area contributed by atoms with E-state index in [1.807, 2.05) is 6.08 Å². The first-order chi connectivity index (χ1) is 25.9. The number of phenols is 1. The molecule has 0 radical (unpaired) electrons. The second-order valence-electron chi connectivity index (χ2n) is 13.7. The number of methoxy groups -OCH3 is 1. The minimum atomic E-state index is -1.66. The van der Waals surface area contributed by atoms with Gasteiger partial charge in [0.2, 0.25) is 11.8 Å². The smallest absolute Gasteiger partial charge is 0.269 e. The Bertz CT molecular complexity index is 2320. The van der Waals surface area contributed by atoms with Gasteiger partial charge in [-0.05, 0) is 85.0 Å². The van der Waals surface area contributed by atoms with Gasteiger partial charge in [0.15, 0.2) is 0 Å². The van der Waals surface area contributed by atoms with Crippen molar-refractivity contribution in [2.75, 3.05) is 17.4 Å².